The standard InChI is InChI=1S/C15H17FN2O3/c1-9-12(14(19)21-4)13(18(3)15(20)17(9)2)10-6-5-7-11(16)8-10/h5-8,13H,1-4H3/t13-/m0/s1. The Balaban J connectivity index is 2.64. The van der Waals surface area contributed by atoms with Gasteiger partial charge in [-0.25, -0.2) is 14.0 Å². The smallest absolute Gasteiger partial charge is 0.337 e. The van der Waals surface area contributed by atoms with Gasteiger partial charge in [0.25, 0.3) is 0 Å². The molecular weight excluding hydrogens is 275 g/mol. The molecule has 0 aliphatic carbocycles. The Morgan fingerprint density at radius 3 is 2.57 bits per heavy atom. The zero-order chi connectivity index (χ0) is 15.7. The summed E-state index contributed by atoms with van der Waals surface area (Å²) in [5.74, 6) is -0.956. The molecule has 0 radical (unpaired) electrons. The van der Waals surface area contributed by atoms with Crippen molar-refractivity contribution in [1.29, 1.82) is 0 Å². The number of likely N-dealkylation sites (N-methyl/N-ethyl adjacent to an activating group) is 1. The molecule has 0 saturated carbocycles. The second-order valence-electron chi connectivity index (χ2n) is 4.90. The van der Waals surface area contributed by atoms with Crippen LogP contribution in [0.3, 0.4) is 0 Å². The van der Waals surface area contributed by atoms with Gasteiger partial charge in [0.05, 0.1) is 18.7 Å². The van der Waals surface area contributed by atoms with E-state index in [-0.39, 0.29) is 6.03 Å². The molecule has 0 unspecified atom stereocenters. The number of carbonyl (C=O) groups excluding carboxylic acids is 2. The summed E-state index contributed by atoms with van der Waals surface area (Å²) in [5.41, 5.74) is 1.35. The minimum absolute atomic E-state index is 0.269. The highest BCUT2D eigenvalue weighted by molar-refractivity contribution is 5.94. The number of urea groups is 1. The van der Waals surface area contributed by atoms with Crippen LogP contribution in [0.1, 0.15) is 18.5 Å². The molecule has 6 heteroatoms. The average molecular weight is 292 g/mol. The van der Waals surface area contributed by atoms with Gasteiger partial charge in [-0.2, -0.15) is 0 Å². The average Bonchev–Trinajstić information content (AvgIpc) is 2.47. The molecule has 112 valence electrons. The Hall–Kier alpha value is -2.37. The number of methoxy groups -OCH3 is 1. The van der Waals surface area contributed by atoms with Crippen LogP contribution in [0.2, 0.25) is 0 Å². The third-order valence-corrected chi connectivity index (χ3v) is 3.71. The zero-order valence-electron chi connectivity index (χ0n) is 12.4. The first-order valence-electron chi connectivity index (χ1n) is 6.43. The van der Waals surface area contributed by atoms with Gasteiger partial charge in [0.2, 0.25) is 0 Å². The van der Waals surface area contributed by atoms with Crippen LogP contribution < -0.4 is 0 Å². The van der Waals surface area contributed by atoms with Gasteiger partial charge in [-0.3, -0.25) is 0 Å². The number of rotatable bonds is 2. The first-order chi connectivity index (χ1) is 9.88. The van der Waals surface area contributed by atoms with Gasteiger partial charge < -0.3 is 14.5 Å². The van der Waals surface area contributed by atoms with E-state index in [4.69, 9.17) is 4.74 Å². The normalized spacial score (nSPS) is 19.1. The molecule has 0 saturated heterocycles. The lowest BCUT2D eigenvalue weighted by Crippen LogP contribution is -2.47. The van der Waals surface area contributed by atoms with Crippen LogP contribution in [-0.2, 0) is 9.53 Å². The van der Waals surface area contributed by atoms with Crippen molar-refractivity contribution in [2.45, 2.75) is 13.0 Å². The predicted octanol–water partition coefficient (Wildman–Crippen LogP) is 2.31. The third kappa shape index (κ3) is 2.49. The first kappa shape index (κ1) is 15.0. The second-order valence-corrected chi connectivity index (χ2v) is 4.90. The van der Waals surface area contributed by atoms with Crippen molar-refractivity contribution in [2.24, 2.45) is 0 Å². The number of hydrogen-bond acceptors (Lipinski definition) is 3. The van der Waals surface area contributed by atoms with Crippen molar-refractivity contribution in [3.8, 4) is 0 Å². The summed E-state index contributed by atoms with van der Waals surface area (Å²) in [6, 6.07) is 4.92. The quantitative estimate of drug-likeness (QED) is 0.786. The van der Waals surface area contributed by atoms with E-state index >= 15 is 0 Å². The van der Waals surface area contributed by atoms with Gasteiger partial charge in [-0.1, -0.05) is 12.1 Å². The summed E-state index contributed by atoms with van der Waals surface area (Å²) in [4.78, 5) is 27.1. The number of ether oxygens (including phenoxy) is 1. The van der Waals surface area contributed by atoms with Crippen LogP contribution in [0.5, 0.6) is 0 Å². The Labute approximate surface area is 122 Å². The van der Waals surface area contributed by atoms with Crippen LogP contribution >= 0.6 is 0 Å². The van der Waals surface area contributed by atoms with Gasteiger partial charge >= 0.3 is 12.0 Å². The van der Waals surface area contributed by atoms with Crippen LogP contribution in [0.15, 0.2) is 35.5 Å². The van der Waals surface area contributed by atoms with E-state index in [0.29, 0.717) is 16.8 Å². The highest BCUT2D eigenvalue weighted by Crippen LogP contribution is 2.36. The Morgan fingerprint density at radius 2 is 2.00 bits per heavy atom. The topological polar surface area (TPSA) is 49.9 Å². The number of amides is 2. The number of allylic oxidation sites excluding steroid dienone is 1. The van der Waals surface area contributed by atoms with E-state index in [2.05, 4.69) is 0 Å². The number of esters is 1. The molecule has 5 nitrogen and oxygen atoms in total. The number of halogens is 1. The molecule has 0 N–H and O–H groups in total. The van der Waals surface area contributed by atoms with Gasteiger partial charge in [0.15, 0.2) is 0 Å². The molecule has 0 aromatic heterocycles. The molecule has 0 spiro atoms. The van der Waals surface area contributed by atoms with Gasteiger partial charge in [0.1, 0.15) is 5.82 Å². The second kappa shape index (κ2) is 5.55. The molecular formula is C15H17FN2O3. The SMILES string of the molecule is COC(=O)C1=C(C)N(C)C(=O)N(C)[C@H]1c1cccc(F)c1. The van der Waals surface area contributed by atoms with Crippen LogP contribution in [-0.4, -0.2) is 43.0 Å². The largest absolute Gasteiger partial charge is 0.466 e. The third-order valence-electron chi connectivity index (χ3n) is 3.71. The number of nitrogens with zero attached hydrogens (tertiary/aromatic N) is 2. The van der Waals surface area contributed by atoms with Crippen molar-refractivity contribution in [3.05, 3.63) is 46.9 Å². The summed E-state index contributed by atoms with van der Waals surface area (Å²) in [6.45, 7) is 1.67. The molecule has 1 aliphatic rings. The number of hydrogen-bond donors (Lipinski definition) is 0. The van der Waals surface area contributed by atoms with E-state index in [0.717, 1.165) is 0 Å². The molecule has 1 aromatic rings. The molecule has 2 rings (SSSR count). The van der Waals surface area contributed by atoms with E-state index in [9.17, 15) is 14.0 Å². The van der Waals surface area contributed by atoms with E-state index in [1.54, 1.807) is 33.2 Å². The summed E-state index contributed by atoms with van der Waals surface area (Å²) in [7, 11) is 4.43. The molecule has 0 bridgehead atoms. The van der Waals surface area contributed by atoms with Crippen LogP contribution in [0.25, 0.3) is 0 Å². The fourth-order valence-corrected chi connectivity index (χ4v) is 2.50. The summed E-state index contributed by atoms with van der Waals surface area (Å²) in [5, 5.41) is 0. The molecule has 0 fully saturated rings. The molecule has 21 heavy (non-hydrogen) atoms. The molecule has 2 amide bonds. The lowest BCUT2D eigenvalue weighted by molar-refractivity contribution is -0.137. The molecule has 1 atom stereocenters. The lowest BCUT2D eigenvalue weighted by atomic mass is 9.93. The van der Waals surface area contributed by atoms with Gasteiger partial charge in [-0.15, -0.1) is 0 Å². The monoisotopic (exact) mass is 292 g/mol. The van der Waals surface area contributed by atoms with Crippen molar-refractivity contribution >= 4 is 12.0 Å². The molecule has 1 aromatic carbocycles. The maximum Gasteiger partial charge on any atom is 0.337 e. The maximum atomic E-state index is 13.5. The van der Waals surface area contributed by atoms with Crippen molar-refractivity contribution in [3.63, 3.8) is 0 Å². The van der Waals surface area contributed by atoms with E-state index < -0.39 is 17.8 Å². The summed E-state index contributed by atoms with van der Waals surface area (Å²) >= 11 is 0. The Morgan fingerprint density at radius 1 is 1.33 bits per heavy atom. The predicted molar refractivity (Wildman–Crippen MR) is 74.8 cm³/mol. The molecule has 1 heterocycles. The first-order valence-corrected chi connectivity index (χ1v) is 6.43. The fourth-order valence-electron chi connectivity index (χ4n) is 2.50. The minimum atomic E-state index is -0.670. The van der Waals surface area contributed by atoms with Crippen molar-refractivity contribution in [2.75, 3.05) is 21.2 Å². The van der Waals surface area contributed by atoms with E-state index in [1.807, 2.05) is 0 Å². The zero-order valence-corrected chi connectivity index (χ0v) is 12.4. The van der Waals surface area contributed by atoms with Gasteiger partial charge in [0, 0.05) is 19.8 Å². The summed E-state index contributed by atoms with van der Waals surface area (Å²) < 4.78 is 18.3. The minimum Gasteiger partial charge on any atom is -0.466 e. The Bertz CT molecular complexity index is 627. The molecule has 1 aliphatic heterocycles. The van der Waals surface area contributed by atoms with Crippen molar-refractivity contribution in [1.82, 2.24) is 9.80 Å². The van der Waals surface area contributed by atoms with Crippen LogP contribution in [0, 0.1) is 5.82 Å². The van der Waals surface area contributed by atoms with Crippen molar-refractivity contribution < 1.29 is 18.7 Å². The highest BCUT2D eigenvalue weighted by Gasteiger charge is 2.39. The van der Waals surface area contributed by atoms with E-state index in [1.165, 1.54) is 29.0 Å². The number of benzene rings is 1. The summed E-state index contributed by atoms with van der Waals surface area (Å²) in [6.07, 6.45) is 0. The number of carbonyl (C=O) groups is 2. The van der Waals surface area contributed by atoms with Crippen LogP contribution in [0.4, 0.5) is 9.18 Å². The maximum absolute atomic E-state index is 13.5. The van der Waals surface area contributed by atoms with Gasteiger partial charge in [-0.05, 0) is 24.6 Å². The lowest BCUT2D eigenvalue weighted by Gasteiger charge is -2.39. The Kier molecular flexibility index (Phi) is 3.97. The highest BCUT2D eigenvalue weighted by atomic mass is 19.1. The fraction of sp³-hybridized carbons (Fsp3) is 0.333.